The molecule has 0 bridgehead atoms. The minimum absolute atomic E-state index is 0.0870. The Morgan fingerprint density at radius 3 is 2.70 bits per heavy atom. The Morgan fingerprint density at radius 2 is 1.96 bits per heavy atom. The Balaban J connectivity index is 1.54. The first-order valence-corrected chi connectivity index (χ1v) is 8.45. The monoisotopic (exact) mass is 329 g/mol. The second-order valence-corrected chi connectivity index (χ2v) is 6.90. The molecule has 1 aromatic carbocycles. The molecule has 0 spiro atoms. The molecule has 0 unspecified atom stereocenters. The zero-order valence-electron chi connectivity index (χ0n) is 12.7. The maximum absolute atomic E-state index is 12.2. The van der Waals surface area contributed by atoms with Crippen molar-refractivity contribution < 1.29 is 9.59 Å². The summed E-state index contributed by atoms with van der Waals surface area (Å²) in [5, 5.41) is 5.70. The number of nitrogens with one attached hydrogen (secondary N) is 2. The van der Waals surface area contributed by atoms with E-state index >= 15 is 0 Å². The van der Waals surface area contributed by atoms with Crippen LogP contribution in [-0.2, 0) is 11.3 Å². The molecule has 1 aliphatic carbocycles. The molecule has 0 radical (unpaired) electrons. The quantitative estimate of drug-likeness (QED) is 0.712. The minimum atomic E-state index is -0.191. The molecule has 23 heavy (non-hydrogen) atoms. The molecule has 6 heteroatoms. The SMILES string of the molecule is Nc1ccccc1NC(=O)c1ccc(CNC(=O)CC2CC2)s1. The standard InChI is InChI=1S/C17H19N3O2S/c18-13-3-1-2-4-14(13)20-17(22)15-8-7-12(23-15)10-19-16(21)9-11-5-6-11/h1-4,7-8,11H,5-6,9-10,18H2,(H,19,21)(H,20,22). The van der Waals surface area contributed by atoms with Crippen LogP contribution in [0.3, 0.4) is 0 Å². The Morgan fingerprint density at radius 1 is 1.17 bits per heavy atom. The molecule has 2 aromatic rings. The fourth-order valence-electron chi connectivity index (χ4n) is 2.23. The molecule has 1 aromatic heterocycles. The Bertz CT molecular complexity index is 722. The summed E-state index contributed by atoms with van der Waals surface area (Å²) in [6.45, 7) is 0.469. The number of anilines is 2. The van der Waals surface area contributed by atoms with Crippen LogP contribution in [0.2, 0.25) is 0 Å². The molecule has 0 saturated heterocycles. The van der Waals surface area contributed by atoms with Crippen LogP contribution < -0.4 is 16.4 Å². The van der Waals surface area contributed by atoms with Crippen molar-refractivity contribution in [3.63, 3.8) is 0 Å². The molecule has 2 amide bonds. The van der Waals surface area contributed by atoms with Crippen molar-refractivity contribution in [1.29, 1.82) is 0 Å². The Kier molecular flexibility index (Phi) is 4.62. The number of nitrogen functional groups attached to an aromatic ring is 1. The van der Waals surface area contributed by atoms with Crippen LogP contribution >= 0.6 is 11.3 Å². The highest BCUT2D eigenvalue weighted by Crippen LogP contribution is 2.32. The van der Waals surface area contributed by atoms with E-state index in [9.17, 15) is 9.59 Å². The molecule has 1 fully saturated rings. The van der Waals surface area contributed by atoms with Crippen LogP contribution in [0.5, 0.6) is 0 Å². The van der Waals surface area contributed by atoms with Gasteiger partial charge in [0.05, 0.1) is 22.8 Å². The largest absolute Gasteiger partial charge is 0.397 e. The average molecular weight is 329 g/mol. The normalized spacial score (nSPS) is 13.6. The van der Waals surface area contributed by atoms with Gasteiger partial charge < -0.3 is 16.4 Å². The van der Waals surface area contributed by atoms with Gasteiger partial charge in [-0.15, -0.1) is 11.3 Å². The van der Waals surface area contributed by atoms with Crippen LogP contribution in [0.25, 0.3) is 0 Å². The summed E-state index contributed by atoms with van der Waals surface area (Å²) in [4.78, 5) is 25.5. The van der Waals surface area contributed by atoms with Gasteiger partial charge in [0.1, 0.15) is 0 Å². The number of amides is 2. The summed E-state index contributed by atoms with van der Waals surface area (Å²) < 4.78 is 0. The lowest BCUT2D eigenvalue weighted by Gasteiger charge is -2.06. The number of carbonyl (C=O) groups excluding carboxylic acids is 2. The number of benzene rings is 1. The number of para-hydroxylation sites is 2. The second-order valence-electron chi connectivity index (χ2n) is 5.73. The third-order valence-corrected chi connectivity index (χ3v) is 4.81. The molecule has 1 saturated carbocycles. The van der Waals surface area contributed by atoms with Gasteiger partial charge in [-0.05, 0) is 43.0 Å². The number of thiophene rings is 1. The molecular weight excluding hydrogens is 310 g/mol. The van der Waals surface area contributed by atoms with Crippen molar-refractivity contribution in [2.45, 2.75) is 25.8 Å². The molecule has 5 nitrogen and oxygen atoms in total. The van der Waals surface area contributed by atoms with Crippen LogP contribution in [0.4, 0.5) is 11.4 Å². The van der Waals surface area contributed by atoms with Crippen LogP contribution in [0, 0.1) is 5.92 Å². The highest BCUT2D eigenvalue weighted by Gasteiger charge is 2.24. The van der Waals surface area contributed by atoms with Gasteiger partial charge in [-0.25, -0.2) is 0 Å². The van der Waals surface area contributed by atoms with E-state index in [-0.39, 0.29) is 11.8 Å². The first-order valence-electron chi connectivity index (χ1n) is 7.63. The van der Waals surface area contributed by atoms with E-state index < -0.39 is 0 Å². The lowest BCUT2D eigenvalue weighted by Crippen LogP contribution is -2.22. The van der Waals surface area contributed by atoms with Crippen molar-refractivity contribution in [3.8, 4) is 0 Å². The predicted octanol–water partition coefficient (Wildman–Crippen LogP) is 3.00. The van der Waals surface area contributed by atoms with Gasteiger partial charge in [0.15, 0.2) is 0 Å². The van der Waals surface area contributed by atoms with Crippen molar-refractivity contribution in [2.24, 2.45) is 5.92 Å². The van der Waals surface area contributed by atoms with E-state index in [4.69, 9.17) is 5.73 Å². The summed E-state index contributed by atoms with van der Waals surface area (Å²) >= 11 is 1.38. The first kappa shape index (κ1) is 15.6. The molecule has 120 valence electrons. The van der Waals surface area contributed by atoms with Crippen LogP contribution in [0.15, 0.2) is 36.4 Å². The zero-order valence-corrected chi connectivity index (χ0v) is 13.5. The second kappa shape index (κ2) is 6.83. The zero-order chi connectivity index (χ0) is 16.2. The van der Waals surface area contributed by atoms with Gasteiger partial charge >= 0.3 is 0 Å². The van der Waals surface area contributed by atoms with E-state index in [0.717, 1.165) is 4.88 Å². The van der Waals surface area contributed by atoms with Gasteiger partial charge in [0.25, 0.3) is 5.91 Å². The fraction of sp³-hybridized carbons (Fsp3) is 0.294. The Hall–Kier alpha value is -2.34. The third-order valence-electron chi connectivity index (χ3n) is 3.73. The smallest absolute Gasteiger partial charge is 0.265 e. The molecular formula is C17H19N3O2S. The van der Waals surface area contributed by atoms with Crippen molar-refractivity contribution in [1.82, 2.24) is 5.32 Å². The highest BCUT2D eigenvalue weighted by atomic mass is 32.1. The first-order chi connectivity index (χ1) is 11.1. The van der Waals surface area contributed by atoms with Gasteiger partial charge in [0, 0.05) is 11.3 Å². The fourth-order valence-corrected chi connectivity index (χ4v) is 3.07. The van der Waals surface area contributed by atoms with Crippen LogP contribution in [-0.4, -0.2) is 11.8 Å². The van der Waals surface area contributed by atoms with Crippen molar-refractivity contribution in [3.05, 3.63) is 46.2 Å². The number of hydrogen-bond acceptors (Lipinski definition) is 4. The summed E-state index contributed by atoms with van der Waals surface area (Å²) in [7, 11) is 0. The van der Waals surface area contributed by atoms with E-state index in [2.05, 4.69) is 10.6 Å². The molecule has 1 aliphatic rings. The number of rotatable bonds is 6. The lowest BCUT2D eigenvalue weighted by atomic mass is 10.2. The highest BCUT2D eigenvalue weighted by molar-refractivity contribution is 7.14. The van der Waals surface area contributed by atoms with E-state index in [1.165, 1.54) is 24.2 Å². The number of hydrogen-bond donors (Lipinski definition) is 3. The lowest BCUT2D eigenvalue weighted by molar-refractivity contribution is -0.121. The van der Waals surface area contributed by atoms with Gasteiger partial charge in [-0.2, -0.15) is 0 Å². The van der Waals surface area contributed by atoms with E-state index in [1.54, 1.807) is 18.2 Å². The van der Waals surface area contributed by atoms with Gasteiger partial charge in [0.2, 0.25) is 5.91 Å². The Labute approximate surface area is 138 Å². The average Bonchev–Trinajstić information content (AvgIpc) is 3.21. The van der Waals surface area contributed by atoms with Crippen LogP contribution in [0.1, 0.15) is 33.8 Å². The van der Waals surface area contributed by atoms with Crippen molar-refractivity contribution in [2.75, 3.05) is 11.1 Å². The third kappa shape index (κ3) is 4.32. The molecule has 3 rings (SSSR count). The molecule has 1 heterocycles. The summed E-state index contributed by atoms with van der Waals surface area (Å²) in [6.07, 6.45) is 2.95. The number of nitrogens with two attached hydrogens (primary N) is 1. The minimum Gasteiger partial charge on any atom is -0.397 e. The molecule has 4 N–H and O–H groups in total. The predicted molar refractivity (Wildman–Crippen MR) is 92.3 cm³/mol. The summed E-state index contributed by atoms with van der Waals surface area (Å²) in [5.41, 5.74) is 6.95. The van der Waals surface area contributed by atoms with E-state index in [1.807, 2.05) is 18.2 Å². The van der Waals surface area contributed by atoms with E-state index in [0.29, 0.717) is 35.1 Å². The maximum Gasteiger partial charge on any atom is 0.265 e. The molecule has 0 atom stereocenters. The summed E-state index contributed by atoms with van der Waals surface area (Å²) in [5.74, 6) is 0.475. The topological polar surface area (TPSA) is 84.2 Å². The number of carbonyl (C=O) groups is 2. The van der Waals surface area contributed by atoms with Gasteiger partial charge in [-0.1, -0.05) is 12.1 Å². The molecule has 0 aliphatic heterocycles. The van der Waals surface area contributed by atoms with Gasteiger partial charge in [-0.3, -0.25) is 9.59 Å². The summed E-state index contributed by atoms with van der Waals surface area (Å²) in [6, 6.07) is 10.8. The maximum atomic E-state index is 12.2. The van der Waals surface area contributed by atoms with Crippen molar-refractivity contribution >= 4 is 34.5 Å².